The van der Waals surface area contributed by atoms with Crippen LogP contribution >= 0.6 is 11.8 Å². The highest BCUT2D eigenvalue weighted by molar-refractivity contribution is 8.18. The molecule has 0 bridgehead atoms. The summed E-state index contributed by atoms with van der Waals surface area (Å²) in [7, 11) is 3.05. The number of alkyl halides is 3. The molecule has 2 amide bonds. The molecule has 0 saturated carbocycles. The summed E-state index contributed by atoms with van der Waals surface area (Å²) >= 11 is 1.27. The summed E-state index contributed by atoms with van der Waals surface area (Å²) in [6, 6.07) is 24.9. The quantitative estimate of drug-likeness (QED) is 0.151. The van der Waals surface area contributed by atoms with Crippen LogP contribution in [0, 0.1) is 0 Å². The minimum absolute atomic E-state index is 0.00461. The Hall–Kier alpha value is -5.23. The maximum absolute atomic E-state index is 13.7. The number of hydrogen-bond acceptors (Lipinski definition) is 7. The van der Waals surface area contributed by atoms with E-state index in [1.807, 2.05) is 48.5 Å². The number of amidine groups is 1. The molecule has 0 spiro atoms. The molecule has 12 heteroatoms. The molecule has 5 rings (SSSR count). The summed E-state index contributed by atoms with van der Waals surface area (Å²) < 4.78 is 55.4. The molecule has 0 radical (unpaired) electrons. The summed E-state index contributed by atoms with van der Waals surface area (Å²) in [6.45, 7) is 2.03. The molecule has 254 valence electrons. The van der Waals surface area contributed by atoms with Crippen molar-refractivity contribution in [3.63, 3.8) is 0 Å². The van der Waals surface area contributed by atoms with Crippen LogP contribution in [0.15, 0.2) is 101 Å². The molecule has 4 aromatic carbocycles. The predicted octanol–water partition coefficient (Wildman–Crippen LogP) is 8.15. The average Bonchev–Trinajstić information content (AvgIpc) is 3.39. The van der Waals surface area contributed by atoms with Gasteiger partial charge in [-0.15, -0.1) is 0 Å². The summed E-state index contributed by atoms with van der Waals surface area (Å²) in [4.78, 5) is 33.1. The van der Waals surface area contributed by atoms with Crippen molar-refractivity contribution in [1.82, 2.24) is 4.90 Å². The third kappa shape index (κ3) is 9.23. The van der Waals surface area contributed by atoms with E-state index in [4.69, 9.17) is 19.2 Å². The van der Waals surface area contributed by atoms with Crippen LogP contribution in [0.5, 0.6) is 17.2 Å². The van der Waals surface area contributed by atoms with Crippen LogP contribution in [0.3, 0.4) is 0 Å². The number of carbonyl (C=O) groups is 2. The van der Waals surface area contributed by atoms with Crippen molar-refractivity contribution in [2.24, 2.45) is 4.99 Å². The summed E-state index contributed by atoms with van der Waals surface area (Å²) in [5.41, 5.74) is 2.75. The fourth-order valence-corrected chi connectivity index (χ4v) is 5.92. The molecule has 1 fully saturated rings. The average molecular weight is 690 g/mol. The van der Waals surface area contributed by atoms with E-state index in [0.717, 1.165) is 35.6 Å². The number of rotatable bonds is 12. The zero-order valence-electron chi connectivity index (χ0n) is 27.0. The van der Waals surface area contributed by atoms with Gasteiger partial charge in [-0.05, 0) is 102 Å². The minimum Gasteiger partial charge on any atom is -0.497 e. The number of hydrogen-bond donors (Lipinski definition) is 1. The monoisotopic (exact) mass is 689 g/mol. The molecule has 0 atom stereocenters. The first-order valence-electron chi connectivity index (χ1n) is 15.4. The third-order valence-corrected chi connectivity index (χ3v) is 8.57. The van der Waals surface area contributed by atoms with E-state index in [2.05, 4.69) is 12.2 Å². The number of ether oxygens (including phenoxy) is 3. The van der Waals surface area contributed by atoms with Crippen molar-refractivity contribution in [2.45, 2.75) is 25.9 Å². The summed E-state index contributed by atoms with van der Waals surface area (Å²) in [5.74, 6) is 0.468. The first kappa shape index (κ1) is 35.1. The molecular weight excluding hydrogens is 655 g/mol. The summed E-state index contributed by atoms with van der Waals surface area (Å²) in [5, 5.41) is 2.97. The number of halogens is 3. The largest absolute Gasteiger partial charge is 0.497 e. The zero-order chi connectivity index (χ0) is 35.0. The molecule has 1 saturated heterocycles. The molecule has 0 aromatic heterocycles. The summed E-state index contributed by atoms with van der Waals surface area (Å²) in [6.07, 6.45) is -1.28. The molecular formula is C37H34F3N3O5S. The number of benzene rings is 4. The Balaban J connectivity index is 1.31. The number of nitrogens with one attached hydrogen (secondary N) is 1. The van der Waals surface area contributed by atoms with E-state index in [1.54, 1.807) is 36.3 Å². The van der Waals surface area contributed by atoms with Gasteiger partial charge in [0.15, 0.2) is 23.3 Å². The van der Waals surface area contributed by atoms with Gasteiger partial charge < -0.3 is 19.5 Å². The lowest BCUT2D eigenvalue weighted by Gasteiger charge is -2.16. The highest BCUT2D eigenvalue weighted by atomic mass is 32.2. The fourth-order valence-electron chi connectivity index (χ4n) is 4.90. The molecule has 1 N–H and O–H groups in total. The van der Waals surface area contributed by atoms with Crippen LogP contribution in [0.1, 0.15) is 29.2 Å². The van der Waals surface area contributed by atoms with Gasteiger partial charge in [0, 0.05) is 12.2 Å². The van der Waals surface area contributed by atoms with Gasteiger partial charge in [0.1, 0.15) is 5.75 Å². The van der Waals surface area contributed by atoms with Crippen molar-refractivity contribution in [2.75, 3.05) is 32.7 Å². The second-order valence-electron chi connectivity index (χ2n) is 10.9. The molecule has 0 aliphatic carbocycles. The van der Waals surface area contributed by atoms with Gasteiger partial charge in [-0.3, -0.25) is 14.5 Å². The minimum atomic E-state index is -4.53. The highest BCUT2D eigenvalue weighted by Crippen LogP contribution is 2.36. The molecule has 1 aliphatic heterocycles. The number of thioether (sulfide) groups is 1. The lowest BCUT2D eigenvalue weighted by Crippen LogP contribution is -2.31. The number of anilines is 1. The maximum atomic E-state index is 13.7. The van der Waals surface area contributed by atoms with Crippen LogP contribution in [0.2, 0.25) is 0 Å². The van der Waals surface area contributed by atoms with Crippen LogP contribution in [0.4, 0.5) is 24.5 Å². The number of nitrogens with zero attached hydrogens (tertiary/aromatic N) is 2. The van der Waals surface area contributed by atoms with Gasteiger partial charge in [0.05, 0.1) is 30.4 Å². The first-order chi connectivity index (χ1) is 23.6. The van der Waals surface area contributed by atoms with Crippen LogP contribution in [-0.2, 0) is 28.6 Å². The van der Waals surface area contributed by atoms with Crippen molar-refractivity contribution in [3.8, 4) is 17.2 Å². The van der Waals surface area contributed by atoms with E-state index in [-0.39, 0.29) is 17.3 Å². The van der Waals surface area contributed by atoms with E-state index in [9.17, 15) is 22.8 Å². The van der Waals surface area contributed by atoms with Crippen molar-refractivity contribution >= 4 is 46.2 Å². The lowest BCUT2D eigenvalue weighted by molar-refractivity contribution is -0.137. The standard InChI is InChI=1S/C37H34F3N3O5S/c1-4-24-8-13-28(14-9-24)42-36-43(19-18-25-10-15-30(46-2)16-11-25)35(45)33(49-36)21-26-12-17-31(32(20-26)47-3)48-23-34(44)41-29-7-5-6-27(22-29)37(38,39)40/h5-17,20-22H,4,18-19,23H2,1-3H3,(H,41,44)/b33-21-,42-36?. The Morgan fingerprint density at radius 2 is 1.65 bits per heavy atom. The van der Waals surface area contributed by atoms with Crippen LogP contribution < -0.4 is 19.5 Å². The Morgan fingerprint density at radius 1 is 0.918 bits per heavy atom. The number of aryl methyl sites for hydroxylation is 1. The fraction of sp³-hybridized carbons (Fsp3) is 0.216. The van der Waals surface area contributed by atoms with E-state index < -0.39 is 24.3 Å². The number of methoxy groups -OCH3 is 2. The Kier molecular flexibility index (Phi) is 11.3. The van der Waals surface area contributed by atoms with Crippen molar-refractivity contribution < 1.29 is 37.0 Å². The van der Waals surface area contributed by atoms with Crippen LogP contribution in [0.25, 0.3) is 6.08 Å². The van der Waals surface area contributed by atoms with E-state index in [1.165, 1.54) is 36.6 Å². The normalized spacial score (nSPS) is 14.7. The molecule has 0 unspecified atom stereocenters. The van der Waals surface area contributed by atoms with E-state index >= 15 is 0 Å². The van der Waals surface area contributed by atoms with Gasteiger partial charge >= 0.3 is 6.18 Å². The molecule has 1 heterocycles. The first-order valence-corrected chi connectivity index (χ1v) is 16.2. The second-order valence-corrected chi connectivity index (χ2v) is 11.9. The van der Waals surface area contributed by atoms with Gasteiger partial charge in [0.2, 0.25) is 0 Å². The Morgan fingerprint density at radius 3 is 2.33 bits per heavy atom. The molecule has 4 aromatic rings. The molecule has 8 nitrogen and oxygen atoms in total. The molecule has 49 heavy (non-hydrogen) atoms. The van der Waals surface area contributed by atoms with E-state index in [0.29, 0.717) is 34.4 Å². The Labute approximate surface area is 286 Å². The maximum Gasteiger partial charge on any atom is 0.416 e. The topological polar surface area (TPSA) is 89.5 Å². The van der Waals surface area contributed by atoms with Gasteiger partial charge in [-0.2, -0.15) is 13.2 Å². The van der Waals surface area contributed by atoms with Crippen LogP contribution in [-0.4, -0.2) is 49.3 Å². The Bertz CT molecular complexity index is 1860. The van der Waals surface area contributed by atoms with Crippen molar-refractivity contribution in [3.05, 3.63) is 118 Å². The predicted molar refractivity (Wildman–Crippen MR) is 185 cm³/mol. The SMILES string of the molecule is CCc1ccc(N=C2S/C(=C\c3ccc(OCC(=O)Nc4cccc(C(F)(F)F)c4)c(OC)c3)C(=O)N2CCc2ccc(OC)cc2)cc1. The smallest absolute Gasteiger partial charge is 0.416 e. The van der Waals surface area contributed by atoms with Gasteiger partial charge in [-0.25, -0.2) is 4.99 Å². The number of aliphatic imine (C=N–C) groups is 1. The number of carbonyl (C=O) groups excluding carboxylic acids is 2. The third-order valence-electron chi connectivity index (χ3n) is 7.56. The van der Waals surface area contributed by atoms with Gasteiger partial charge in [-0.1, -0.05) is 43.3 Å². The highest BCUT2D eigenvalue weighted by Gasteiger charge is 2.33. The molecule has 1 aliphatic rings. The van der Waals surface area contributed by atoms with Gasteiger partial charge in [0.25, 0.3) is 11.8 Å². The second kappa shape index (κ2) is 15.8. The lowest BCUT2D eigenvalue weighted by atomic mass is 10.1. The van der Waals surface area contributed by atoms with Crippen molar-refractivity contribution in [1.29, 1.82) is 0 Å². The number of amides is 2. The zero-order valence-corrected chi connectivity index (χ0v) is 27.9.